The first-order valence-electron chi connectivity index (χ1n) is 43.6. The van der Waals surface area contributed by atoms with Gasteiger partial charge in [0.1, 0.15) is 51.7 Å². The van der Waals surface area contributed by atoms with Crippen molar-refractivity contribution < 1.29 is 86.9 Å². The van der Waals surface area contributed by atoms with Gasteiger partial charge in [-0.2, -0.15) is 0 Å². The highest BCUT2D eigenvalue weighted by Crippen LogP contribution is 2.22. The fourth-order valence-corrected chi connectivity index (χ4v) is 14.3. The third kappa shape index (κ3) is 42.4. The Morgan fingerprint density at radius 2 is 0.702 bits per heavy atom. The lowest BCUT2D eigenvalue weighted by Gasteiger charge is -2.35. The van der Waals surface area contributed by atoms with Gasteiger partial charge in [0.2, 0.25) is 5.91 Å². The summed E-state index contributed by atoms with van der Waals surface area (Å²) in [5, 5.41) is 38.8. The van der Waals surface area contributed by atoms with E-state index in [1.165, 1.54) is 0 Å². The molecule has 35 nitrogen and oxygen atoms in total. The minimum Gasteiger partial charge on any atom is -0.480 e. The van der Waals surface area contributed by atoms with Crippen molar-refractivity contribution >= 4 is 71.9 Å². The lowest BCUT2D eigenvalue weighted by Crippen LogP contribution is -2.51. The van der Waals surface area contributed by atoms with Gasteiger partial charge in [0.15, 0.2) is 0 Å². The number of benzene rings is 1. The fraction of sp³-hybridized carbons (Fsp3) is 0.767. The predicted molar refractivity (Wildman–Crippen MR) is 463 cm³/mol. The molecule has 2 aromatic rings. The van der Waals surface area contributed by atoms with E-state index in [2.05, 4.69) is 54.9 Å². The van der Waals surface area contributed by atoms with E-state index in [0.29, 0.717) is 195 Å². The summed E-state index contributed by atoms with van der Waals surface area (Å²) in [6.07, 6.45) is 4.83. The summed E-state index contributed by atoms with van der Waals surface area (Å²) >= 11 is 0. The maximum atomic E-state index is 14.0. The lowest BCUT2D eigenvalue weighted by atomic mass is 10.1. The lowest BCUT2D eigenvalue weighted by molar-refractivity contribution is -0.144. The van der Waals surface area contributed by atoms with Crippen LogP contribution >= 0.6 is 0 Å². The summed E-state index contributed by atoms with van der Waals surface area (Å²) in [6.45, 7) is 38.4. The second-order valence-electron chi connectivity index (χ2n) is 36.9. The van der Waals surface area contributed by atoms with E-state index < -0.39 is 93.3 Å². The second-order valence-corrected chi connectivity index (χ2v) is 36.9. The number of carbonyl (C=O) groups excluding carboxylic acids is 7. The summed E-state index contributed by atoms with van der Waals surface area (Å²) in [6, 6.07) is 7.52. The van der Waals surface area contributed by atoms with Crippen LogP contribution in [0.15, 0.2) is 33.9 Å². The number of carbonyl (C=O) groups is 10. The Morgan fingerprint density at radius 3 is 1.08 bits per heavy atom. The molecule has 0 bridgehead atoms. The molecule has 3 saturated heterocycles. The van der Waals surface area contributed by atoms with Gasteiger partial charge >= 0.3 is 48.4 Å². The molecule has 1 atom stereocenters. The van der Waals surface area contributed by atoms with Crippen LogP contribution in [0.5, 0.6) is 0 Å². The zero-order valence-corrected chi connectivity index (χ0v) is 75.4. The Kier molecular flexibility index (Phi) is 43.4. The second kappa shape index (κ2) is 50.9. The monoisotopic (exact) mass is 1710 g/mol. The van der Waals surface area contributed by atoms with Gasteiger partial charge in [-0.3, -0.25) is 58.2 Å². The van der Waals surface area contributed by atoms with E-state index >= 15 is 0 Å². The number of hydrogen-bond donors (Lipinski definition) is 6. The number of amides is 6. The van der Waals surface area contributed by atoms with Crippen molar-refractivity contribution in [3.8, 4) is 0 Å². The molecule has 3 heterocycles. The number of aldehydes is 1. The molecule has 121 heavy (non-hydrogen) atoms. The number of nitrogens with one attached hydrogen (secondary N) is 3. The topological polar surface area (TPSA) is 387 Å². The van der Waals surface area contributed by atoms with Gasteiger partial charge in [-0.15, -0.1) is 0 Å². The average Bonchev–Trinajstić information content (AvgIpc) is 0.783. The molecule has 6 N–H and O–H groups in total. The minimum absolute atomic E-state index is 0.0573. The quantitative estimate of drug-likeness (QED) is 0.0196. The summed E-state index contributed by atoms with van der Waals surface area (Å²) in [5.74, 6) is -3.28. The minimum atomic E-state index is -1.10. The number of carboxylic acids is 3. The van der Waals surface area contributed by atoms with Crippen molar-refractivity contribution in [3.05, 3.63) is 55.8 Å². The Morgan fingerprint density at radius 1 is 0.380 bits per heavy atom. The molecule has 6 amide bonds. The Bertz CT molecular complexity index is 3620. The Labute approximate surface area is 717 Å². The van der Waals surface area contributed by atoms with Crippen LogP contribution in [0.25, 0.3) is 0 Å². The van der Waals surface area contributed by atoms with E-state index in [1.807, 2.05) is 88.0 Å². The van der Waals surface area contributed by atoms with Gasteiger partial charge in [0.25, 0.3) is 10.9 Å². The SMILES string of the molecule is CC(C)(C)OC(=O)N1CCCN(C(=O)OC(C)(C)C)CCN(Cc2ccc(CN3CCCN(C(=O)OC(C)(C)C)CCN(C(=O)OC(C)(C)C)CCCN(C(=O)OC(C)(C)C)CC3)cc2)CCCN(CCCCC(=O)NCCCCCNc2c(NCCCC(C(=O)O)N3CCN(CC=O)CCN(CC(=O)O)CCN(CC(=O)O)CC3)c(=O)c2=O)CC1. The molecule has 3 aliphatic heterocycles. The van der Waals surface area contributed by atoms with Crippen molar-refractivity contribution in [1.82, 2.24) is 64.1 Å². The molecular formula is C86H147N15O20. The molecule has 0 aliphatic carbocycles. The van der Waals surface area contributed by atoms with Gasteiger partial charge in [-0.05, 0) is 205 Å². The molecule has 0 radical (unpaired) electrons. The zero-order valence-electron chi connectivity index (χ0n) is 75.4. The van der Waals surface area contributed by atoms with E-state index in [4.69, 9.17) is 23.7 Å². The van der Waals surface area contributed by atoms with E-state index in [0.717, 1.165) is 30.3 Å². The van der Waals surface area contributed by atoms with Gasteiger partial charge in [-0.1, -0.05) is 24.3 Å². The highest BCUT2D eigenvalue weighted by Gasteiger charge is 2.33. The van der Waals surface area contributed by atoms with E-state index in [1.54, 1.807) is 60.0 Å². The standard InChI is InChI=1S/C86H147N15O20/c1-82(2,3)117-77(112)97-40-24-41-98(78(113)118-83(4,5)6)56-51-92(62-66-28-30-67(31-29-66)63-93-38-23-39-100(80(115)120-85(10,11)12)58-59-101(81(116)121-86(13,14)15)43-25-42-99(57-52-93)79(114)119-84(7,8)9)37-22-36-90(49-55-97)35-20-17-27-69(103)87-32-18-16-19-33-88-72-73(75(109)74(72)108)89-34-21-26-68(76(110)111)96-53-48-91(60-61-102)44-45-94(64-70(104)105)46-47-95(50-54-96)65-71(106)107/h28-31,61,68,88-89H,16-27,32-60,62-65H2,1-15H3,(H,87,103)(H,104,105)(H,106,107)(H,110,111). The normalized spacial score (nSPS) is 18.0. The number of anilines is 2. The van der Waals surface area contributed by atoms with Crippen LogP contribution in [-0.2, 0) is 60.7 Å². The molecule has 2 aromatic carbocycles. The van der Waals surface area contributed by atoms with Gasteiger partial charge < -0.3 is 89.1 Å². The molecule has 686 valence electrons. The molecular weight excluding hydrogens is 1560 g/mol. The largest absolute Gasteiger partial charge is 0.480 e. The number of nitrogens with zero attached hydrogens (tertiary/aromatic N) is 12. The molecule has 0 spiro atoms. The van der Waals surface area contributed by atoms with E-state index in [9.17, 15) is 72.9 Å². The van der Waals surface area contributed by atoms with Gasteiger partial charge in [0, 0.05) is 183 Å². The van der Waals surface area contributed by atoms with Crippen molar-refractivity contribution in [2.75, 3.05) is 214 Å². The third-order valence-corrected chi connectivity index (χ3v) is 20.5. The molecule has 5 rings (SSSR count). The first-order chi connectivity index (χ1) is 56.8. The smallest absolute Gasteiger partial charge is 0.410 e. The molecule has 35 heteroatoms. The van der Waals surface area contributed by atoms with Crippen LogP contribution in [0.2, 0.25) is 0 Å². The van der Waals surface area contributed by atoms with Crippen LogP contribution in [-0.4, -0.2) is 372 Å². The van der Waals surface area contributed by atoms with Crippen molar-refractivity contribution in [2.45, 2.75) is 228 Å². The Balaban J connectivity index is 1.19. The van der Waals surface area contributed by atoms with Crippen LogP contribution in [0.1, 0.15) is 192 Å². The predicted octanol–water partition coefficient (Wildman–Crippen LogP) is 7.77. The number of hydrogen-bond acceptors (Lipinski definition) is 26. The van der Waals surface area contributed by atoms with E-state index in [-0.39, 0.29) is 102 Å². The number of rotatable bonds is 29. The van der Waals surface area contributed by atoms with Crippen LogP contribution in [0, 0.1) is 0 Å². The summed E-state index contributed by atoms with van der Waals surface area (Å²) in [4.78, 5) is 178. The van der Waals surface area contributed by atoms with Crippen molar-refractivity contribution in [3.63, 3.8) is 0 Å². The summed E-state index contributed by atoms with van der Waals surface area (Å²) in [5.41, 5.74) is -2.64. The highest BCUT2D eigenvalue weighted by molar-refractivity contribution is 5.76. The summed E-state index contributed by atoms with van der Waals surface area (Å²) < 4.78 is 29.5. The fourth-order valence-electron chi connectivity index (χ4n) is 14.3. The average molecular weight is 1710 g/mol. The maximum Gasteiger partial charge on any atom is 0.410 e. The molecule has 0 saturated carbocycles. The van der Waals surface area contributed by atoms with Crippen LogP contribution in [0.3, 0.4) is 0 Å². The van der Waals surface area contributed by atoms with Crippen molar-refractivity contribution in [1.29, 1.82) is 0 Å². The first-order valence-corrected chi connectivity index (χ1v) is 43.6. The number of unbranched alkanes of at least 4 members (excludes halogenated alkanes) is 3. The first kappa shape index (κ1) is 103. The van der Waals surface area contributed by atoms with Gasteiger partial charge in [0.05, 0.1) is 19.6 Å². The van der Waals surface area contributed by atoms with Crippen LogP contribution < -0.4 is 26.8 Å². The van der Waals surface area contributed by atoms with Crippen LogP contribution in [0.4, 0.5) is 35.3 Å². The highest BCUT2D eigenvalue weighted by atomic mass is 16.6. The molecule has 1 unspecified atom stereocenters. The molecule has 0 aromatic heterocycles. The Hall–Kier alpha value is -8.48. The van der Waals surface area contributed by atoms with Crippen molar-refractivity contribution in [2.24, 2.45) is 0 Å². The third-order valence-electron chi connectivity index (χ3n) is 20.5. The maximum absolute atomic E-state index is 14.0. The number of ether oxygens (including phenoxy) is 5. The zero-order chi connectivity index (χ0) is 89.7. The van der Waals surface area contributed by atoms with Gasteiger partial charge in [-0.25, -0.2) is 24.0 Å². The summed E-state index contributed by atoms with van der Waals surface area (Å²) in [7, 11) is 0. The number of aliphatic carboxylic acids is 3. The molecule has 3 fully saturated rings. The molecule has 3 aliphatic rings. The number of carboxylic acid groups (broad SMARTS) is 3.